The predicted molar refractivity (Wildman–Crippen MR) is 123 cm³/mol. The quantitative estimate of drug-likeness (QED) is 0.513. The molecule has 0 bridgehead atoms. The topological polar surface area (TPSA) is 124 Å². The van der Waals surface area contributed by atoms with Gasteiger partial charge < -0.3 is 20.6 Å². The molecule has 0 saturated carbocycles. The van der Waals surface area contributed by atoms with Crippen LogP contribution in [-0.4, -0.2) is 58.1 Å². The minimum atomic E-state index is -1.17. The number of aliphatic hydroxyl groups excluding tert-OH is 1. The number of urea groups is 1. The molecule has 9 heteroatoms. The largest absolute Gasteiger partial charge is 0.389 e. The van der Waals surface area contributed by atoms with Gasteiger partial charge in [0.2, 0.25) is 0 Å². The summed E-state index contributed by atoms with van der Waals surface area (Å²) in [5, 5.41) is 18.8. The number of nitrogens with one attached hydrogen (secondary N) is 3. The number of hydrogen-bond donors (Lipinski definition) is 4. The zero-order chi connectivity index (χ0) is 23.9. The lowest BCUT2D eigenvalue weighted by atomic mass is 9.79. The summed E-state index contributed by atoms with van der Waals surface area (Å²) in [6.45, 7) is 8.17. The van der Waals surface area contributed by atoms with E-state index >= 15 is 0 Å². The molecule has 4 N–H and O–H groups in total. The first kappa shape index (κ1) is 22.7. The van der Waals surface area contributed by atoms with Gasteiger partial charge in [-0.1, -0.05) is 32.0 Å². The molecule has 1 unspecified atom stereocenters. The van der Waals surface area contributed by atoms with Crippen LogP contribution in [0.3, 0.4) is 0 Å². The Balaban J connectivity index is 1.48. The van der Waals surface area contributed by atoms with E-state index in [4.69, 9.17) is 0 Å². The number of aliphatic hydroxyl groups is 1. The van der Waals surface area contributed by atoms with E-state index in [2.05, 4.69) is 20.9 Å². The number of nitrogens with zero attached hydrogens (tertiary/aromatic N) is 2. The van der Waals surface area contributed by atoms with Crippen LogP contribution in [0.5, 0.6) is 0 Å². The summed E-state index contributed by atoms with van der Waals surface area (Å²) in [5.74, 6) is -0.112. The fourth-order valence-corrected chi connectivity index (χ4v) is 4.61. The second kappa shape index (κ2) is 8.47. The lowest BCUT2D eigenvalue weighted by Gasteiger charge is -2.30. The van der Waals surface area contributed by atoms with Crippen molar-refractivity contribution < 1.29 is 19.5 Å². The molecular formula is C24H29N5O4. The number of likely N-dealkylation sites (tertiary alicyclic amines) is 1. The number of aromatic nitrogens is 1. The third-order valence-corrected chi connectivity index (χ3v) is 6.46. The number of benzene rings is 1. The minimum absolute atomic E-state index is 0.190. The molecule has 1 aromatic carbocycles. The van der Waals surface area contributed by atoms with Gasteiger partial charge in [-0.2, -0.15) is 0 Å². The minimum Gasteiger partial charge on any atom is -0.389 e. The van der Waals surface area contributed by atoms with E-state index < -0.39 is 23.6 Å². The van der Waals surface area contributed by atoms with Crippen molar-refractivity contribution in [2.24, 2.45) is 5.92 Å². The number of rotatable bonds is 5. The fraction of sp³-hybridized carbons (Fsp3) is 0.417. The fourth-order valence-electron chi connectivity index (χ4n) is 4.61. The molecule has 3 heterocycles. The van der Waals surface area contributed by atoms with Crippen LogP contribution in [0.25, 0.3) is 0 Å². The first-order valence-electron chi connectivity index (χ1n) is 11.0. The number of carbonyl (C=O) groups is 3. The van der Waals surface area contributed by atoms with Crippen LogP contribution in [0, 0.1) is 19.8 Å². The first-order valence-corrected chi connectivity index (χ1v) is 11.0. The van der Waals surface area contributed by atoms with Gasteiger partial charge in [0, 0.05) is 24.8 Å². The number of hydrogen-bond acceptors (Lipinski definition) is 6. The second-order valence-electron chi connectivity index (χ2n) is 9.15. The summed E-state index contributed by atoms with van der Waals surface area (Å²) < 4.78 is 0. The van der Waals surface area contributed by atoms with Gasteiger partial charge >= 0.3 is 6.03 Å². The summed E-state index contributed by atoms with van der Waals surface area (Å²) in [6, 6.07) is 7.84. The van der Waals surface area contributed by atoms with Gasteiger partial charge in [0.15, 0.2) is 0 Å². The van der Waals surface area contributed by atoms with Crippen LogP contribution in [0.15, 0.2) is 36.5 Å². The summed E-state index contributed by atoms with van der Waals surface area (Å²) in [6.07, 6.45) is 1.04. The number of β-amino-alcohol motifs (C(OH)–C–C–N with tert-alkyl or cyclic N) is 1. The number of amides is 4. The number of imide groups is 1. The van der Waals surface area contributed by atoms with Gasteiger partial charge in [-0.25, -0.2) is 9.78 Å². The van der Waals surface area contributed by atoms with Crippen LogP contribution in [0.4, 0.5) is 10.6 Å². The Morgan fingerprint density at radius 1 is 1.21 bits per heavy atom. The average molecular weight is 452 g/mol. The van der Waals surface area contributed by atoms with Crippen LogP contribution in [0.1, 0.15) is 40.9 Å². The van der Waals surface area contributed by atoms with Crippen LogP contribution >= 0.6 is 0 Å². The van der Waals surface area contributed by atoms with E-state index in [0.29, 0.717) is 23.5 Å². The van der Waals surface area contributed by atoms with Crippen LogP contribution < -0.4 is 16.0 Å². The van der Waals surface area contributed by atoms with Crippen molar-refractivity contribution in [3.8, 4) is 0 Å². The Morgan fingerprint density at radius 2 is 1.91 bits per heavy atom. The Labute approximate surface area is 192 Å². The third-order valence-electron chi connectivity index (χ3n) is 6.46. The summed E-state index contributed by atoms with van der Waals surface area (Å²) in [7, 11) is 0. The highest BCUT2D eigenvalue weighted by Gasteiger charge is 2.50. The van der Waals surface area contributed by atoms with Gasteiger partial charge in [0.25, 0.3) is 11.8 Å². The zero-order valence-corrected chi connectivity index (χ0v) is 19.2. The van der Waals surface area contributed by atoms with Crippen LogP contribution in [0.2, 0.25) is 0 Å². The number of pyridine rings is 1. The van der Waals surface area contributed by atoms with E-state index in [9.17, 15) is 19.5 Å². The highest BCUT2D eigenvalue weighted by Crippen LogP contribution is 2.33. The molecule has 3 atom stereocenters. The molecule has 2 aliphatic rings. The Bertz CT molecular complexity index is 1100. The molecule has 9 nitrogen and oxygen atoms in total. The maximum Gasteiger partial charge on any atom is 0.322 e. The molecular weight excluding hydrogens is 422 g/mol. The van der Waals surface area contributed by atoms with Crippen molar-refractivity contribution in [1.29, 1.82) is 0 Å². The Kier molecular flexibility index (Phi) is 5.84. The molecule has 0 aliphatic carbocycles. The van der Waals surface area contributed by atoms with Gasteiger partial charge in [0.05, 0.1) is 12.1 Å². The molecule has 2 saturated heterocycles. The lowest BCUT2D eigenvalue weighted by Crippen LogP contribution is -2.48. The SMILES string of the molecule is Cc1cnc(N[C@@H]2CN(C(=O)c3ccc(C4(C(C)C)NC(=O)NC4=O)cc3)C[C@H]2O)c(C)c1. The van der Waals surface area contributed by atoms with Crippen molar-refractivity contribution in [2.45, 2.75) is 45.4 Å². The van der Waals surface area contributed by atoms with Crippen molar-refractivity contribution >= 4 is 23.7 Å². The Morgan fingerprint density at radius 3 is 2.48 bits per heavy atom. The van der Waals surface area contributed by atoms with Crippen LogP contribution in [-0.2, 0) is 10.3 Å². The molecule has 4 rings (SSSR count). The van der Waals surface area contributed by atoms with Crippen molar-refractivity contribution in [3.63, 3.8) is 0 Å². The molecule has 1 aromatic heterocycles. The number of aryl methyl sites for hydroxylation is 2. The molecule has 33 heavy (non-hydrogen) atoms. The normalized spacial score (nSPS) is 24.7. The molecule has 2 fully saturated rings. The Hall–Kier alpha value is -3.46. The molecule has 2 aliphatic heterocycles. The molecule has 4 amide bonds. The molecule has 174 valence electrons. The highest BCUT2D eigenvalue weighted by atomic mass is 16.3. The van der Waals surface area contributed by atoms with Crippen molar-refractivity contribution in [3.05, 3.63) is 58.8 Å². The average Bonchev–Trinajstić information content (AvgIpc) is 3.28. The van der Waals surface area contributed by atoms with E-state index in [1.165, 1.54) is 0 Å². The zero-order valence-electron chi connectivity index (χ0n) is 19.2. The maximum atomic E-state index is 13.1. The van der Waals surface area contributed by atoms with Gasteiger partial charge in [0.1, 0.15) is 11.4 Å². The summed E-state index contributed by atoms with van der Waals surface area (Å²) in [5.41, 5.74) is 1.92. The summed E-state index contributed by atoms with van der Waals surface area (Å²) >= 11 is 0. The number of carbonyl (C=O) groups excluding carboxylic acids is 3. The predicted octanol–water partition coefficient (Wildman–Crippen LogP) is 1.69. The van der Waals surface area contributed by atoms with Crippen molar-refractivity contribution in [2.75, 3.05) is 18.4 Å². The van der Waals surface area contributed by atoms with Gasteiger partial charge in [-0.05, 0) is 48.6 Å². The maximum absolute atomic E-state index is 13.1. The summed E-state index contributed by atoms with van der Waals surface area (Å²) in [4.78, 5) is 43.4. The van der Waals surface area contributed by atoms with E-state index in [-0.39, 0.29) is 24.4 Å². The van der Waals surface area contributed by atoms with E-state index in [0.717, 1.165) is 11.1 Å². The monoisotopic (exact) mass is 451 g/mol. The molecule has 2 aromatic rings. The standard InChI is InChI=1S/C24H29N5O4/c1-13(2)24(22(32)27-23(33)28-24)17-7-5-16(6-8-17)21(31)29-11-18(19(30)12-29)26-20-15(4)9-14(3)10-25-20/h5-10,13,18-19,30H,11-12H2,1-4H3,(H,25,26)(H2,27,28,32,33)/t18-,19-,24?/m1/s1. The smallest absolute Gasteiger partial charge is 0.322 e. The first-order chi connectivity index (χ1) is 15.6. The van der Waals surface area contributed by atoms with Gasteiger partial charge in [-0.15, -0.1) is 0 Å². The van der Waals surface area contributed by atoms with E-state index in [1.807, 2.05) is 33.8 Å². The second-order valence-corrected chi connectivity index (χ2v) is 9.15. The van der Waals surface area contributed by atoms with Crippen molar-refractivity contribution in [1.82, 2.24) is 20.5 Å². The number of anilines is 1. The molecule has 0 radical (unpaired) electrons. The van der Waals surface area contributed by atoms with E-state index in [1.54, 1.807) is 35.4 Å². The lowest BCUT2D eigenvalue weighted by molar-refractivity contribution is -0.125. The van der Waals surface area contributed by atoms with Gasteiger partial charge in [-0.3, -0.25) is 14.9 Å². The highest BCUT2D eigenvalue weighted by molar-refractivity contribution is 6.07. The third kappa shape index (κ3) is 4.04. The molecule has 0 spiro atoms.